The molecule has 0 bridgehead atoms. The summed E-state index contributed by atoms with van der Waals surface area (Å²) in [6.45, 7) is 8.09. The van der Waals surface area contributed by atoms with Crippen LogP contribution in [0.4, 0.5) is 5.69 Å². The fraction of sp³-hybridized carbons (Fsp3) is 0.529. The number of piperazine rings is 1. The Hall–Kier alpha value is -2.12. The first-order valence-electron chi connectivity index (χ1n) is 8.16. The zero-order chi connectivity index (χ0) is 18.3. The number of carbonyl (C=O) groups excluding carboxylic acids is 2. The SMILES string of the molecule is CC.Cc1ccccc1N1CCN(C(=O)[C@H](O)[C@@H](O)C(N)=O)CC1. The van der Waals surface area contributed by atoms with E-state index >= 15 is 0 Å². The quantitative estimate of drug-likeness (QED) is 0.710. The maximum Gasteiger partial charge on any atom is 0.254 e. The summed E-state index contributed by atoms with van der Waals surface area (Å²) in [6, 6.07) is 7.99. The summed E-state index contributed by atoms with van der Waals surface area (Å²) in [5.74, 6) is -1.78. The van der Waals surface area contributed by atoms with E-state index in [0.717, 1.165) is 11.3 Å². The molecular formula is C17H27N3O4. The van der Waals surface area contributed by atoms with Crippen molar-refractivity contribution in [3.05, 3.63) is 29.8 Å². The van der Waals surface area contributed by atoms with Crippen LogP contribution in [-0.2, 0) is 9.59 Å². The van der Waals surface area contributed by atoms with Crippen LogP contribution in [0.1, 0.15) is 19.4 Å². The summed E-state index contributed by atoms with van der Waals surface area (Å²) in [7, 11) is 0. The van der Waals surface area contributed by atoms with Gasteiger partial charge in [-0.05, 0) is 18.6 Å². The highest BCUT2D eigenvalue weighted by molar-refractivity contribution is 5.90. The van der Waals surface area contributed by atoms with Gasteiger partial charge in [0.05, 0.1) is 0 Å². The maximum atomic E-state index is 12.0. The molecule has 0 spiro atoms. The lowest BCUT2D eigenvalue weighted by Crippen LogP contribution is -2.55. The van der Waals surface area contributed by atoms with Gasteiger partial charge in [0.15, 0.2) is 12.2 Å². The molecule has 1 saturated heterocycles. The van der Waals surface area contributed by atoms with Gasteiger partial charge in [-0.15, -0.1) is 0 Å². The van der Waals surface area contributed by atoms with Crippen molar-refractivity contribution in [2.45, 2.75) is 33.0 Å². The Morgan fingerprint density at radius 2 is 1.58 bits per heavy atom. The van der Waals surface area contributed by atoms with Crippen molar-refractivity contribution >= 4 is 17.5 Å². The van der Waals surface area contributed by atoms with E-state index < -0.39 is 24.0 Å². The predicted octanol–water partition coefficient (Wildman–Crippen LogP) is -0.123. The van der Waals surface area contributed by atoms with Crippen LogP contribution in [0.3, 0.4) is 0 Å². The van der Waals surface area contributed by atoms with Gasteiger partial charge in [0.25, 0.3) is 5.91 Å². The van der Waals surface area contributed by atoms with Gasteiger partial charge in [-0.25, -0.2) is 0 Å². The van der Waals surface area contributed by atoms with Gasteiger partial charge in [0.1, 0.15) is 0 Å². The number of aliphatic hydroxyl groups is 2. The van der Waals surface area contributed by atoms with Crippen LogP contribution >= 0.6 is 0 Å². The molecule has 1 aromatic carbocycles. The van der Waals surface area contributed by atoms with E-state index in [9.17, 15) is 19.8 Å². The molecule has 24 heavy (non-hydrogen) atoms. The Kier molecular flexibility index (Phi) is 7.67. The first-order valence-corrected chi connectivity index (χ1v) is 8.16. The Bertz CT molecular complexity index is 557. The predicted molar refractivity (Wildman–Crippen MR) is 92.5 cm³/mol. The van der Waals surface area contributed by atoms with E-state index in [1.165, 1.54) is 4.90 Å². The second kappa shape index (κ2) is 9.24. The molecule has 0 aromatic heterocycles. The summed E-state index contributed by atoms with van der Waals surface area (Å²) in [5, 5.41) is 19.1. The van der Waals surface area contributed by atoms with Crippen LogP contribution in [0.2, 0.25) is 0 Å². The highest BCUT2D eigenvalue weighted by Gasteiger charge is 2.33. The molecule has 1 heterocycles. The third-order valence-corrected chi connectivity index (χ3v) is 3.89. The van der Waals surface area contributed by atoms with Crippen LogP contribution in [0.5, 0.6) is 0 Å². The molecule has 1 aliphatic heterocycles. The summed E-state index contributed by atoms with van der Waals surface area (Å²) < 4.78 is 0. The number of primary amides is 1. The van der Waals surface area contributed by atoms with Crippen LogP contribution in [0.15, 0.2) is 24.3 Å². The van der Waals surface area contributed by atoms with Crippen LogP contribution in [0, 0.1) is 6.92 Å². The average molecular weight is 337 g/mol. The molecule has 2 amide bonds. The molecule has 4 N–H and O–H groups in total. The number of hydrogen-bond acceptors (Lipinski definition) is 5. The molecule has 2 rings (SSSR count). The third kappa shape index (κ3) is 4.69. The Morgan fingerprint density at radius 1 is 1.04 bits per heavy atom. The summed E-state index contributed by atoms with van der Waals surface area (Å²) in [6.07, 6.45) is -3.68. The number of anilines is 1. The van der Waals surface area contributed by atoms with Crippen molar-refractivity contribution in [1.29, 1.82) is 0 Å². The first kappa shape index (κ1) is 19.9. The van der Waals surface area contributed by atoms with Gasteiger partial charge in [0.2, 0.25) is 5.91 Å². The number of benzene rings is 1. The maximum absolute atomic E-state index is 12.0. The summed E-state index contributed by atoms with van der Waals surface area (Å²) in [5.41, 5.74) is 7.17. The van der Waals surface area contributed by atoms with Crippen molar-refractivity contribution in [2.75, 3.05) is 31.1 Å². The van der Waals surface area contributed by atoms with Gasteiger partial charge >= 0.3 is 0 Å². The van der Waals surface area contributed by atoms with Crippen LogP contribution < -0.4 is 10.6 Å². The van der Waals surface area contributed by atoms with E-state index in [4.69, 9.17) is 5.73 Å². The average Bonchev–Trinajstić information content (AvgIpc) is 2.62. The van der Waals surface area contributed by atoms with Crippen LogP contribution in [-0.4, -0.2) is 65.3 Å². The molecule has 0 radical (unpaired) electrons. The fourth-order valence-electron chi connectivity index (χ4n) is 2.56. The van der Waals surface area contributed by atoms with Gasteiger partial charge in [-0.1, -0.05) is 32.0 Å². The molecule has 7 nitrogen and oxygen atoms in total. The number of aryl methyl sites for hydroxylation is 1. The van der Waals surface area contributed by atoms with Crippen molar-refractivity contribution in [2.24, 2.45) is 5.73 Å². The standard InChI is InChI=1S/C15H21N3O4.C2H6/c1-10-4-2-3-5-11(10)17-6-8-18(9-7-17)15(22)13(20)12(19)14(16)21;1-2/h2-5,12-13,19-20H,6-9H2,1H3,(H2,16,21);1-2H3/t12-,13-;/m1./s1. The second-order valence-electron chi connectivity index (χ2n) is 5.39. The molecule has 2 atom stereocenters. The number of rotatable bonds is 4. The van der Waals surface area contributed by atoms with Gasteiger partial charge in [-0.2, -0.15) is 0 Å². The number of nitrogens with zero attached hydrogens (tertiary/aromatic N) is 2. The molecule has 0 aliphatic carbocycles. The van der Waals surface area contributed by atoms with Crippen molar-refractivity contribution in [3.8, 4) is 0 Å². The molecular weight excluding hydrogens is 310 g/mol. The van der Waals surface area contributed by atoms with E-state index in [-0.39, 0.29) is 0 Å². The second-order valence-corrected chi connectivity index (χ2v) is 5.39. The lowest BCUT2D eigenvalue weighted by molar-refractivity contribution is -0.152. The zero-order valence-electron chi connectivity index (χ0n) is 14.5. The first-order chi connectivity index (χ1) is 11.4. The van der Waals surface area contributed by atoms with E-state index in [2.05, 4.69) is 4.90 Å². The molecule has 7 heteroatoms. The van der Waals surface area contributed by atoms with Crippen molar-refractivity contribution in [3.63, 3.8) is 0 Å². The summed E-state index contributed by atoms with van der Waals surface area (Å²) >= 11 is 0. The number of aliphatic hydroxyl groups excluding tert-OH is 2. The monoisotopic (exact) mass is 337 g/mol. The topological polar surface area (TPSA) is 107 Å². The largest absolute Gasteiger partial charge is 0.380 e. The molecule has 1 fully saturated rings. The number of amides is 2. The summed E-state index contributed by atoms with van der Waals surface area (Å²) in [4.78, 5) is 26.5. The highest BCUT2D eigenvalue weighted by Crippen LogP contribution is 2.21. The van der Waals surface area contributed by atoms with Crippen molar-refractivity contribution < 1.29 is 19.8 Å². The van der Waals surface area contributed by atoms with E-state index in [1.807, 2.05) is 45.0 Å². The van der Waals surface area contributed by atoms with Gasteiger partial charge < -0.3 is 25.7 Å². The fourth-order valence-corrected chi connectivity index (χ4v) is 2.56. The van der Waals surface area contributed by atoms with Crippen molar-refractivity contribution in [1.82, 2.24) is 4.90 Å². The smallest absolute Gasteiger partial charge is 0.254 e. The lowest BCUT2D eigenvalue weighted by Gasteiger charge is -2.37. The molecule has 0 unspecified atom stereocenters. The molecule has 1 aliphatic rings. The Labute approximate surface area is 142 Å². The minimum absolute atomic E-state index is 0.412. The normalized spacial score (nSPS) is 16.7. The lowest BCUT2D eigenvalue weighted by atomic mass is 10.1. The highest BCUT2D eigenvalue weighted by atomic mass is 16.3. The number of nitrogens with two attached hydrogens (primary N) is 1. The van der Waals surface area contributed by atoms with E-state index in [0.29, 0.717) is 26.2 Å². The van der Waals surface area contributed by atoms with E-state index in [1.54, 1.807) is 0 Å². The number of para-hydroxylation sites is 1. The van der Waals surface area contributed by atoms with Gasteiger partial charge in [-0.3, -0.25) is 9.59 Å². The van der Waals surface area contributed by atoms with Gasteiger partial charge in [0, 0.05) is 31.9 Å². The number of carbonyl (C=O) groups is 2. The zero-order valence-corrected chi connectivity index (χ0v) is 14.5. The Balaban J connectivity index is 0.00000139. The molecule has 1 aromatic rings. The van der Waals surface area contributed by atoms with Crippen LogP contribution in [0.25, 0.3) is 0 Å². The number of hydrogen-bond donors (Lipinski definition) is 3. The molecule has 134 valence electrons. The molecule has 0 saturated carbocycles. The minimum Gasteiger partial charge on any atom is -0.380 e. The Morgan fingerprint density at radius 3 is 2.08 bits per heavy atom. The minimum atomic E-state index is -1.87. The third-order valence-electron chi connectivity index (χ3n) is 3.89.